The van der Waals surface area contributed by atoms with Crippen LogP contribution in [0, 0.1) is 0 Å². The lowest BCUT2D eigenvalue weighted by Crippen LogP contribution is -2.50. The Kier molecular flexibility index (Phi) is 7.32. The molecule has 1 atom stereocenters. The molecule has 6 heteroatoms. The Bertz CT molecular complexity index is 976. The highest BCUT2D eigenvalue weighted by Gasteiger charge is 2.42. The van der Waals surface area contributed by atoms with Crippen molar-refractivity contribution in [3.63, 3.8) is 0 Å². The summed E-state index contributed by atoms with van der Waals surface area (Å²) in [5.41, 5.74) is 9.06. The molecule has 3 N–H and O–H groups in total. The van der Waals surface area contributed by atoms with Crippen LogP contribution in [0.25, 0.3) is 0 Å². The van der Waals surface area contributed by atoms with Crippen molar-refractivity contribution in [2.24, 2.45) is 0 Å². The second-order valence-electron chi connectivity index (χ2n) is 9.11. The Morgan fingerprint density at radius 1 is 1.03 bits per heavy atom. The predicted octanol–water partition coefficient (Wildman–Crippen LogP) is 4.92. The topological polar surface area (TPSA) is 75.4 Å². The SMILES string of the molecule is CCCCC1(CCCC)CS(=O)(=O)c2ccc(N(C)C)cc2C(c2ccc(N)cc2)N1. The van der Waals surface area contributed by atoms with Crippen LogP contribution in [-0.2, 0) is 9.84 Å². The van der Waals surface area contributed by atoms with Gasteiger partial charge < -0.3 is 10.6 Å². The van der Waals surface area contributed by atoms with E-state index in [1.54, 1.807) is 6.07 Å². The molecule has 2 aromatic carbocycles. The van der Waals surface area contributed by atoms with Crippen LogP contribution in [0.2, 0.25) is 0 Å². The first-order valence-electron chi connectivity index (χ1n) is 11.4. The minimum absolute atomic E-state index is 0.139. The number of anilines is 2. The van der Waals surface area contributed by atoms with E-state index in [0.717, 1.165) is 55.3 Å². The molecule has 0 bridgehead atoms. The summed E-state index contributed by atoms with van der Waals surface area (Å²) in [4.78, 5) is 2.46. The summed E-state index contributed by atoms with van der Waals surface area (Å²) in [6.45, 7) is 4.32. The van der Waals surface area contributed by atoms with E-state index >= 15 is 0 Å². The summed E-state index contributed by atoms with van der Waals surface area (Å²) in [5, 5.41) is 3.87. The molecule has 3 rings (SSSR count). The third-order valence-corrected chi connectivity index (χ3v) is 8.33. The Morgan fingerprint density at radius 2 is 1.65 bits per heavy atom. The lowest BCUT2D eigenvalue weighted by Gasteiger charge is -2.37. The first kappa shape index (κ1) is 23.6. The number of hydrogen-bond donors (Lipinski definition) is 2. The number of unbranched alkanes of at least 4 members (excludes halogenated alkanes) is 2. The molecule has 1 unspecified atom stereocenters. The van der Waals surface area contributed by atoms with Crippen molar-refractivity contribution in [3.8, 4) is 0 Å². The van der Waals surface area contributed by atoms with Crippen LogP contribution in [0.3, 0.4) is 0 Å². The van der Waals surface area contributed by atoms with Crippen LogP contribution in [-0.4, -0.2) is 33.8 Å². The van der Waals surface area contributed by atoms with Crippen LogP contribution < -0.4 is 16.0 Å². The molecule has 0 spiro atoms. The summed E-state index contributed by atoms with van der Waals surface area (Å²) >= 11 is 0. The Morgan fingerprint density at radius 3 is 2.19 bits per heavy atom. The fraction of sp³-hybridized carbons (Fsp3) is 0.520. The van der Waals surface area contributed by atoms with Gasteiger partial charge in [0.05, 0.1) is 16.7 Å². The number of sulfone groups is 1. The highest BCUT2D eigenvalue weighted by atomic mass is 32.2. The van der Waals surface area contributed by atoms with E-state index in [1.807, 2.05) is 55.4 Å². The van der Waals surface area contributed by atoms with E-state index in [0.29, 0.717) is 10.6 Å². The van der Waals surface area contributed by atoms with Crippen molar-refractivity contribution in [3.05, 3.63) is 53.6 Å². The van der Waals surface area contributed by atoms with Gasteiger partial charge in [-0.15, -0.1) is 0 Å². The Labute approximate surface area is 188 Å². The smallest absolute Gasteiger partial charge is 0.180 e. The molecule has 0 fully saturated rings. The van der Waals surface area contributed by atoms with Gasteiger partial charge in [-0.2, -0.15) is 0 Å². The van der Waals surface area contributed by atoms with Gasteiger partial charge in [0.1, 0.15) is 0 Å². The van der Waals surface area contributed by atoms with Crippen molar-refractivity contribution in [1.82, 2.24) is 5.32 Å². The number of nitrogens with zero attached hydrogens (tertiary/aromatic N) is 1. The maximum atomic E-state index is 13.7. The molecule has 1 aliphatic heterocycles. The quantitative estimate of drug-likeness (QED) is 0.566. The normalized spacial score (nSPS) is 19.4. The number of nitrogens with two attached hydrogens (primary N) is 1. The highest BCUT2D eigenvalue weighted by Crippen LogP contribution is 2.40. The first-order valence-corrected chi connectivity index (χ1v) is 13.0. The molecule has 0 saturated heterocycles. The van der Waals surface area contributed by atoms with Gasteiger partial charge in [-0.25, -0.2) is 8.42 Å². The number of nitrogen functional groups attached to an aromatic ring is 1. The van der Waals surface area contributed by atoms with E-state index in [1.165, 1.54) is 0 Å². The van der Waals surface area contributed by atoms with Crippen LogP contribution in [0.15, 0.2) is 47.4 Å². The van der Waals surface area contributed by atoms with E-state index in [-0.39, 0.29) is 11.8 Å². The van der Waals surface area contributed by atoms with Crippen molar-refractivity contribution in [1.29, 1.82) is 0 Å². The molecule has 0 radical (unpaired) electrons. The summed E-state index contributed by atoms with van der Waals surface area (Å²) in [5.74, 6) is 0.139. The monoisotopic (exact) mass is 443 g/mol. The van der Waals surface area contributed by atoms with Crippen LogP contribution in [0.1, 0.15) is 69.5 Å². The first-order chi connectivity index (χ1) is 14.7. The molecular weight excluding hydrogens is 406 g/mol. The molecular formula is C25H37N3O2S. The molecule has 170 valence electrons. The molecule has 1 aliphatic rings. The summed E-state index contributed by atoms with van der Waals surface area (Å²) in [7, 11) is 0.511. The third-order valence-electron chi connectivity index (χ3n) is 6.36. The van der Waals surface area contributed by atoms with E-state index in [2.05, 4.69) is 19.2 Å². The number of fused-ring (bicyclic) bond motifs is 1. The average Bonchev–Trinajstić information content (AvgIpc) is 2.83. The van der Waals surface area contributed by atoms with Crippen molar-refractivity contribution in [2.45, 2.75) is 68.8 Å². The maximum Gasteiger partial charge on any atom is 0.180 e. The molecule has 2 aromatic rings. The molecule has 0 saturated carbocycles. The predicted molar refractivity (Wildman–Crippen MR) is 130 cm³/mol. The average molecular weight is 444 g/mol. The maximum absolute atomic E-state index is 13.7. The largest absolute Gasteiger partial charge is 0.399 e. The number of benzene rings is 2. The Balaban J connectivity index is 2.22. The number of nitrogens with one attached hydrogen (secondary N) is 1. The van der Waals surface area contributed by atoms with Crippen molar-refractivity contribution in [2.75, 3.05) is 30.5 Å². The zero-order valence-electron chi connectivity index (χ0n) is 19.3. The van der Waals surface area contributed by atoms with Crippen molar-refractivity contribution >= 4 is 21.2 Å². The zero-order chi connectivity index (χ0) is 22.6. The molecule has 5 nitrogen and oxygen atoms in total. The molecule has 0 amide bonds. The summed E-state index contributed by atoms with van der Waals surface area (Å²) < 4.78 is 27.3. The van der Waals surface area contributed by atoms with Gasteiger partial charge >= 0.3 is 0 Å². The van der Waals surface area contributed by atoms with Crippen LogP contribution in [0.4, 0.5) is 11.4 Å². The second-order valence-corrected chi connectivity index (χ2v) is 11.1. The third kappa shape index (κ3) is 5.24. The van der Waals surface area contributed by atoms with Gasteiger partial charge in [0.15, 0.2) is 9.84 Å². The zero-order valence-corrected chi connectivity index (χ0v) is 20.1. The minimum Gasteiger partial charge on any atom is -0.399 e. The van der Waals surface area contributed by atoms with Gasteiger partial charge in [-0.1, -0.05) is 51.7 Å². The van der Waals surface area contributed by atoms with Gasteiger partial charge in [0.25, 0.3) is 0 Å². The van der Waals surface area contributed by atoms with Crippen LogP contribution >= 0.6 is 0 Å². The summed E-state index contributed by atoms with van der Waals surface area (Å²) in [6, 6.07) is 13.3. The standard InChI is InChI=1S/C25H37N3O2S/c1-5-7-15-25(16-8-6-2)18-31(29,30)23-14-13-21(28(3)4)17-22(23)24(27-25)19-9-11-20(26)12-10-19/h9-14,17,24,27H,5-8,15-16,18,26H2,1-4H3. The van der Waals surface area contributed by atoms with Crippen LogP contribution in [0.5, 0.6) is 0 Å². The molecule has 31 heavy (non-hydrogen) atoms. The highest BCUT2D eigenvalue weighted by molar-refractivity contribution is 7.91. The van der Waals surface area contributed by atoms with Crippen molar-refractivity contribution < 1.29 is 8.42 Å². The number of rotatable bonds is 8. The lowest BCUT2D eigenvalue weighted by molar-refractivity contribution is 0.278. The van der Waals surface area contributed by atoms with Gasteiger partial charge in [0, 0.05) is 31.0 Å². The fourth-order valence-electron chi connectivity index (χ4n) is 4.59. The summed E-state index contributed by atoms with van der Waals surface area (Å²) in [6.07, 6.45) is 5.78. The molecule has 0 aliphatic carbocycles. The van der Waals surface area contributed by atoms with Gasteiger partial charge in [0.2, 0.25) is 0 Å². The van der Waals surface area contributed by atoms with Gasteiger partial charge in [-0.3, -0.25) is 5.32 Å². The number of hydrogen-bond acceptors (Lipinski definition) is 5. The molecule has 0 aromatic heterocycles. The van der Waals surface area contributed by atoms with E-state index in [4.69, 9.17) is 5.73 Å². The minimum atomic E-state index is -3.44. The van der Waals surface area contributed by atoms with Gasteiger partial charge in [-0.05, 0) is 54.3 Å². The van der Waals surface area contributed by atoms with E-state index < -0.39 is 15.4 Å². The lowest BCUT2D eigenvalue weighted by atomic mass is 9.86. The Hall–Kier alpha value is -2.05. The molecule has 1 heterocycles. The second kappa shape index (κ2) is 9.61. The fourth-order valence-corrected chi connectivity index (χ4v) is 6.65. The van der Waals surface area contributed by atoms with E-state index in [9.17, 15) is 8.42 Å².